The number of piperazine rings is 1. The first-order valence-corrected chi connectivity index (χ1v) is 10.4. The van der Waals surface area contributed by atoms with E-state index in [1.165, 1.54) is 16.7 Å². The first-order chi connectivity index (χ1) is 13.4. The summed E-state index contributed by atoms with van der Waals surface area (Å²) in [7, 11) is 2.17. The number of fused-ring (bicyclic) bond motifs is 1. The van der Waals surface area contributed by atoms with Crippen molar-refractivity contribution in [3.63, 3.8) is 0 Å². The van der Waals surface area contributed by atoms with Gasteiger partial charge in [0.15, 0.2) is 0 Å². The maximum Gasteiger partial charge on any atom is 0.123 e. The van der Waals surface area contributed by atoms with E-state index in [1.807, 2.05) is 6.07 Å². The number of nitrogens with zero attached hydrogens (tertiary/aromatic N) is 3. The van der Waals surface area contributed by atoms with Gasteiger partial charge in [-0.25, -0.2) is 4.39 Å². The van der Waals surface area contributed by atoms with Gasteiger partial charge in [0.05, 0.1) is 0 Å². The number of hydrogen-bond acceptors (Lipinski definition) is 2. The lowest BCUT2D eigenvalue weighted by molar-refractivity contribution is 0.148. The number of allylic oxidation sites excluding steroid dienone is 4. The van der Waals surface area contributed by atoms with Gasteiger partial charge in [-0.3, -0.25) is 4.90 Å². The zero-order chi connectivity index (χ0) is 20.1. The Morgan fingerprint density at radius 1 is 1.07 bits per heavy atom. The van der Waals surface area contributed by atoms with E-state index in [9.17, 15) is 4.39 Å². The first-order valence-electron chi connectivity index (χ1n) is 10.4. The highest BCUT2D eigenvalue weighted by molar-refractivity contribution is 5.84. The van der Waals surface area contributed by atoms with Gasteiger partial charge in [0.2, 0.25) is 0 Å². The SMILES string of the molecule is CC(C)=CCC/C(C)=C/Cn1cc(CN2CCN(C)CC2)c2cc(F)ccc21. The molecule has 0 atom stereocenters. The Bertz CT molecular complexity index is 850. The number of likely N-dealkylation sites (N-methyl/N-ethyl adjacent to an activating group) is 1. The third-order valence-electron chi connectivity index (χ3n) is 5.64. The van der Waals surface area contributed by atoms with Gasteiger partial charge < -0.3 is 9.47 Å². The number of hydrogen-bond donors (Lipinski definition) is 0. The number of rotatable bonds is 7. The van der Waals surface area contributed by atoms with E-state index in [1.54, 1.807) is 12.1 Å². The lowest BCUT2D eigenvalue weighted by Crippen LogP contribution is -2.43. The van der Waals surface area contributed by atoms with Crippen LogP contribution in [0.15, 0.2) is 47.7 Å². The molecule has 0 bridgehead atoms. The molecule has 0 radical (unpaired) electrons. The zero-order valence-electron chi connectivity index (χ0n) is 17.8. The smallest absolute Gasteiger partial charge is 0.123 e. The van der Waals surface area contributed by atoms with Gasteiger partial charge >= 0.3 is 0 Å². The molecule has 0 unspecified atom stereocenters. The molecule has 1 aromatic carbocycles. The van der Waals surface area contributed by atoms with E-state index in [-0.39, 0.29) is 5.82 Å². The molecule has 0 N–H and O–H groups in total. The molecule has 0 spiro atoms. The summed E-state index contributed by atoms with van der Waals surface area (Å²) < 4.78 is 16.2. The van der Waals surface area contributed by atoms with Crippen LogP contribution in [0.1, 0.15) is 39.2 Å². The van der Waals surface area contributed by atoms with Crippen molar-refractivity contribution in [2.75, 3.05) is 33.2 Å². The van der Waals surface area contributed by atoms with Crippen LogP contribution < -0.4 is 0 Å². The Morgan fingerprint density at radius 2 is 1.82 bits per heavy atom. The minimum Gasteiger partial charge on any atom is -0.343 e. The summed E-state index contributed by atoms with van der Waals surface area (Å²) in [5.41, 5.74) is 5.13. The van der Waals surface area contributed by atoms with E-state index in [4.69, 9.17) is 0 Å². The lowest BCUT2D eigenvalue weighted by atomic mass is 10.1. The van der Waals surface area contributed by atoms with Crippen LogP contribution in [0.3, 0.4) is 0 Å². The molecular formula is C24H34FN3. The fraction of sp³-hybridized carbons (Fsp3) is 0.500. The molecule has 0 saturated carbocycles. The van der Waals surface area contributed by atoms with Crippen molar-refractivity contribution in [1.29, 1.82) is 0 Å². The van der Waals surface area contributed by atoms with E-state index < -0.39 is 0 Å². The average Bonchev–Trinajstić information content (AvgIpc) is 2.98. The number of halogens is 1. The van der Waals surface area contributed by atoms with Gasteiger partial charge in [0.1, 0.15) is 5.82 Å². The Morgan fingerprint density at radius 3 is 2.54 bits per heavy atom. The largest absolute Gasteiger partial charge is 0.343 e. The summed E-state index contributed by atoms with van der Waals surface area (Å²) in [6.07, 6.45) is 9.01. The van der Waals surface area contributed by atoms with Crippen LogP contribution in [0, 0.1) is 5.82 Å². The molecule has 1 fully saturated rings. The van der Waals surface area contributed by atoms with Crippen molar-refractivity contribution in [2.45, 2.75) is 46.7 Å². The van der Waals surface area contributed by atoms with Gasteiger partial charge in [-0.2, -0.15) is 0 Å². The Hall–Kier alpha value is -1.91. The van der Waals surface area contributed by atoms with Crippen LogP contribution in [-0.4, -0.2) is 47.6 Å². The molecule has 1 aromatic heterocycles. The van der Waals surface area contributed by atoms with Crippen LogP contribution in [0.2, 0.25) is 0 Å². The normalized spacial score (nSPS) is 16.7. The van der Waals surface area contributed by atoms with E-state index >= 15 is 0 Å². The van der Waals surface area contributed by atoms with Gasteiger partial charge in [-0.1, -0.05) is 23.3 Å². The first kappa shape index (κ1) is 20.8. The molecule has 28 heavy (non-hydrogen) atoms. The molecule has 3 rings (SSSR count). The van der Waals surface area contributed by atoms with Crippen LogP contribution in [0.4, 0.5) is 4.39 Å². The molecule has 2 heterocycles. The quantitative estimate of drug-likeness (QED) is 0.607. The molecule has 4 heteroatoms. The monoisotopic (exact) mass is 383 g/mol. The minimum atomic E-state index is -0.154. The highest BCUT2D eigenvalue weighted by Gasteiger charge is 2.17. The van der Waals surface area contributed by atoms with Crippen LogP contribution in [0.5, 0.6) is 0 Å². The van der Waals surface area contributed by atoms with Crippen molar-refractivity contribution in [3.8, 4) is 0 Å². The molecule has 0 aliphatic carbocycles. The maximum absolute atomic E-state index is 13.9. The predicted molar refractivity (Wildman–Crippen MR) is 117 cm³/mol. The molecule has 152 valence electrons. The van der Waals surface area contributed by atoms with Crippen molar-refractivity contribution in [3.05, 3.63) is 59.1 Å². The number of aromatic nitrogens is 1. The molecule has 1 aliphatic rings. The van der Waals surface area contributed by atoms with Gasteiger partial charge in [0, 0.05) is 56.4 Å². The lowest BCUT2D eigenvalue weighted by Gasteiger charge is -2.32. The Balaban J connectivity index is 1.76. The average molecular weight is 384 g/mol. The van der Waals surface area contributed by atoms with Crippen LogP contribution in [0.25, 0.3) is 10.9 Å². The van der Waals surface area contributed by atoms with Gasteiger partial charge in [-0.05, 0) is 64.4 Å². The highest BCUT2D eigenvalue weighted by atomic mass is 19.1. The molecular weight excluding hydrogens is 349 g/mol. The second kappa shape index (κ2) is 9.53. The second-order valence-corrected chi connectivity index (χ2v) is 8.42. The molecule has 2 aromatic rings. The highest BCUT2D eigenvalue weighted by Crippen LogP contribution is 2.25. The van der Waals surface area contributed by atoms with E-state index in [2.05, 4.69) is 60.5 Å². The van der Waals surface area contributed by atoms with E-state index in [0.717, 1.165) is 63.0 Å². The van der Waals surface area contributed by atoms with Gasteiger partial charge in [0.25, 0.3) is 0 Å². The summed E-state index contributed by atoms with van der Waals surface area (Å²) in [5, 5.41) is 1.05. The topological polar surface area (TPSA) is 11.4 Å². The maximum atomic E-state index is 13.9. The summed E-state index contributed by atoms with van der Waals surface area (Å²) in [4.78, 5) is 4.84. The Kier molecular flexibility index (Phi) is 7.08. The third-order valence-corrected chi connectivity index (χ3v) is 5.64. The summed E-state index contributed by atoms with van der Waals surface area (Å²) in [6.45, 7) is 12.6. The van der Waals surface area contributed by atoms with Crippen LogP contribution >= 0.6 is 0 Å². The van der Waals surface area contributed by atoms with E-state index in [0.29, 0.717) is 0 Å². The summed E-state index contributed by atoms with van der Waals surface area (Å²) in [5.74, 6) is -0.154. The fourth-order valence-electron chi connectivity index (χ4n) is 3.81. The van der Waals surface area contributed by atoms with Crippen molar-refractivity contribution in [2.24, 2.45) is 0 Å². The van der Waals surface area contributed by atoms with Crippen molar-refractivity contribution in [1.82, 2.24) is 14.4 Å². The number of benzene rings is 1. The third kappa shape index (κ3) is 5.55. The second-order valence-electron chi connectivity index (χ2n) is 8.42. The molecule has 1 aliphatic heterocycles. The molecule has 1 saturated heterocycles. The molecule has 3 nitrogen and oxygen atoms in total. The summed E-state index contributed by atoms with van der Waals surface area (Å²) >= 11 is 0. The van der Waals surface area contributed by atoms with Crippen molar-refractivity contribution < 1.29 is 4.39 Å². The van der Waals surface area contributed by atoms with Gasteiger partial charge in [-0.15, -0.1) is 0 Å². The van der Waals surface area contributed by atoms with Crippen molar-refractivity contribution >= 4 is 10.9 Å². The summed E-state index contributed by atoms with van der Waals surface area (Å²) in [6, 6.07) is 5.19. The zero-order valence-corrected chi connectivity index (χ0v) is 17.8. The standard InChI is InChI=1S/C24H34FN3/c1-19(2)6-5-7-20(3)10-11-28-18-21(17-27-14-12-26(4)13-15-27)23-16-22(25)8-9-24(23)28/h6,8-10,16,18H,5,7,11-15,17H2,1-4H3/b20-10+. The van der Waals surface area contributed by atoms with Crippen LogP contribution in [-0.2, 0) is 13.1 Å². The fourth-order valence-corrected chi connectivity index (χ4v) is 3.81. The predicted octanol–water partition coefficient (Wildman–Crippen LogP) is 5.22. The minimum absolute atomic E-state index is 0.154. The Labute approximate surface area is 169 Å². The molecule has 0 amide bonds.